The van der Waals surface area contributed by atoms with Crippen molar-refractivity contribution in [3.63, 3.8) is 0 Å². The molecular weight excluding hydrogens is 428 g/mol. The molecule has 30 heavy (non-hydrogen) atoms. The van der Waals surface area contributed by atoms with Crippen molar-refractivity contribution in [3.8, 4) is 5.82 Å². The quantitative estimate of drug-likeness (QED) is 0.431. The van der Waals surface area contributed by atoms with Crippen molar-refractivity contribution < 1.29 is 17.4 Å². The Kier molecular flexibility index (Phi) is 6.52. The van der Waals surface area contributed by atoms with E-state index in [1.54, 1.807) is 24.7 Å². The van der Waals surface area contributed by atoms with Gasteiger partial charge in [-0.25, -0.2) is 4.79 Å². The number of aryl methyl sites for hydroxylation is 2. The standard InChI is InChI=1S/C20H23ClN4O4S/c1-4-5-10-22-20(26)29-30(27,28)12-9-17-14(2)23-24(3)19(17)25-11-8-15-13-16(21)6-7-18(15)25/h6-9,11-13H,4-5,10H2,1-3H3,(H,22,26). The van der Waals surface area contributed by atoms with Crippen LogP contribution in [0.25, 0.3) is 22.8 Å². The molecule has 2 heterocycles. The molecule has 2 aromatic heterocycles. The molecule has 10 heteroatoms. The van der Waals surface area contributed by atoms with Crippen molar-refractivity contribution in [2.45, 2.75) is 26.7 Å². The third-order valence-electron chi connectivity index (χ3n) is 4.51. The highest BCUT2D eigenvalue weighted by Crippen LogP contribution is 2.27. The summed E-state index contributed by atoms with van der Waals surface area (Å²) in [6.07, 6.45) is 3.86. The van der Waals surface area contributed by atoms with Gasteiger partial charge in [-0.3, -0.25) is 4.68 Å². The Morgan fingerprint density at radius 1 is 1.33 bits per heavy atom. The van der Waals surface area contributed by atoms with E-state index in [9.17, 15) is 13.2 Å². The fraction of sp³-hybridized carbons (Fsp3) is 0.300. The number of nitrogens with zero attached hydrogens (tertiary/aromatic N) is 3. The van der Waals surface area contributed by atoms with Crippen LogP contribution in [0.3, 0.4) is 0 Å². The van der Waals surface area contributed by atoms with Crippen LogP contribution in [0.1, 0.15) is 31.0 Å². The summed E-state index contributed by atoms with van der Waals surface area (Å²) in [4.78, 5) is 11.7. The van der Waals surface area contributed by atoms with Crippen molar-refractivity contribution in [1.29, 1.82) is 0 Å². The maximum absolute atomic E-state index is 12.2. The van der Waals surface area contributed by atoms with E-state index in [-0.39, 0.29) is 0 Å². The zero-order chi connectivity index (χ0) is 21.9. The number of hydrogen-bond acceptors (Lipinski definition) is 5. The van der Waals surface area contributed by atoms with Crippen LogP contribution in [-0.4, -0.2) is 35.4 Å². The molecule has 0 aliphatic rings. The highest BCUT2D eigenvalue weighted by Gasteiger charge is 2.18. The fourth-order valence-electron chi connectivity index (χ4n) is 3.12. The molecule has 0 aliphatic carbocycles. The van der Waals surface area contributed by atoms with Gasteiger partial charge in [0.15, 0.2) is 0 Å². The summed E-state index contributed by atoms with van der Waals surface area (Å²) in [5.74, 6) is 0.670. The summed E-state index contributed by atoms with van der Waals surface area (Å²) >= 11 is 6.07. The molecule has 0 atom stereocenters. The number of fused-ring (bicyclic) bond motifs is 1. The second-order valence-corrected chi connectivity index (χ2v) is 8.64. The molecule has 3 rings (SSSR count). The second kappa shape index (κ2) is 8.93. The van der Waals surface area contributed by atoms with Gasteiger partial charge < -0.3 is 14.1 Å². The zero-order valence-corrected chi connectivity index (χ0v) is 18.5. The molecule has 0 unspecified atom stereocenters. The molecule has 1 aromatic carbocycles. The van der Waals surface area contributed by atoms with Gasteiger partial charge in [0.25, 0.3) is 0 Å². The summed E-state index contributed by atoms with van der Waals surface area (Å²) in [7, 11) is -2.44. The van der Waals surface area contributed by atoms with Crippen molar-refractivity contribution in [2.75, 3.05) is 6.54 Å². The first-order valence-corrected chi connectivity index (χ1v) is 11.3. The average Bonchev–Trinajstić information content (AvgIpc) is 3.18. The van der Waals surface area contributed by atoms with E-state index in [0.717, 1.165) is 29.2 Å². The highest BCUT2D eigenvalue weighted by atomic mass is 35.5. The summed E-state index contributed by atoms with van der Waals surface area (Å²) in [5, 5.41) is 9.24. The van der Waals surface area contributed by atoms with E-state index in [0.29, 0.717) is 28.6 Å². The molecule has 0 saturated heterocycles. The monoisotopic (exact) mass is 450 g/mol. The Morgan fingerprint density at radius 2 is 2.10 bits per heavy atom. The van der Waals surface area contributed by atoms with Gasteiger partial charge in [-0.05, 0) is 43.7 Å². The number of carbonyl (C=O) groups excluding carboxylic acids is 1. The minimum absolute atomic E-state index is 0.352. The number of aromatic nitrogens is 3. The molecule has 1 amide bonds. The van der Waals surface area contributed by atoms with Crippen LogP contribution < -0.4 is 5.32 Å². The molecule has 8 nitrogen and oxygen atoms in total. The molecule has 3 aromatic rings. The van der Waals surface area contributed by atoms with E-state index < -0.39 is 16.2 Å². The van der Waals surface area contributed by atoms with Crippen molar-refractivity contribution in [3.05, 3.63) is 52.2 Å². The van der Waals surface area contributed by atoms with Gasteiger partial charge in [0.2, 0.25) is 0 Å². The van der Waals surface area contributed by atoms with Crippen LogP contribution in [0, 0.1) is 6.92 Å². The maximum Gasteiger partial charge on any atom is 0.423 e. The van der Waals surface area contributed by atoms with Gasteiger partial charge in [-0.15, -0.1) is 0 Å². The molecule has 0 bridgehead atoms. The van der Waals surface area contributed by atoms with Crippen molar-refractivity contribution >= 4 is 44.8 Å². The van der Waals surface area contributed by atoms with Gasteiger partial charge >= 0.3 is 16.2 Å². The molecule has 0 spiro atoms. The number of unbranched alkanes of at least 4 members (excludes halogenated alkanes) is 1. The number of nitrogens with one attached hydrogen (secondary N) is 1. The van der Waals surface area contributed by atoms with Crippen LogP contribution in [-0.2, 0) is 21.3 Å². The zero-order valence-electron chi connectivity index (χ0n) is 16.9. The SMILES string of the molecule is CCCCNC(=O)OS(=O)(=O)C=Cc1c(C)nn(C)c1-n1ccc2cc(Cl)ccc21. The minimum Gasteiger partial charge on any atom is -0.325 e. The van der Waals surface area contributed by atoms with E-state index in [2.05, 4.69) is 14.6 Å². The van der Waals surface area contributed by atoms with E-state index in [1.807, 2.05) is 35.9 Å². The van der Waals surface area contributed by atoms with Gasteiger partial charge in [0.05, 0.1) is 16.6 Å². The van der Waals surface area contributed by atoms with Crippen LogP contribution in [0.2, 0.25) is 5.02 Å². The Morgan fingerprint density at radius 3 is 2.83 bits per heavy atom. The predicted octanol–water partition coefficient (Wildman–Crippen LogP) is 4.15. The summed E-state index contributed by atoms with van der Waals surface area (Å²) in [6.45, 7) is 4.09. The Hall–Kier alpha value is -2.78. The largest absolute Gasteiger partial charge is 0.423 e. The average molecular weight is 451 g/mol. The molecule has 0 aliphatic heterocycles. The van der Waals surface area contributed by atoms with E-state index in [1.165, 1.54) is 6.08 Å². The number of carbonyl (C=O) groups is 1. The summed E-state index contributed by atoms with van der Waals surface area (Å²) < 4.78 is 32.5. The Labute approximate surface area is 180 Å². The molecule has 0 fully saturated rings. The Balaban J connectivity index is 1.91. The first kappa shape index (κ1) is 21.9. The molecular formula is C20H23ClN4O4S. The smallest absolute Gasteiger partial charge is 0.325 e. The van der Waals surface area contributed by atoms with Crippen molar-refractivity contribution in [1.82, 2.24) is 19.7 Å². The topological polar surface area (TPSA) is 95.2 Å². The lowest BCUT2D eigenvalue weighted by Crippen LogP contribution is -2.27. The fourth-order valence-corrected chi connectivity index (χ4v) is 3.93. The van der Waals surface area contributed by atoms with Crippen LogP contribution in [0.4, 0.5) is 4.79 Å². The summed E-state index contributed by atoms with van der Waals surface area (Å²) in [6, 6.07) is 7.43. The highest BCUT2D eigenvalue weighted by molar-refractivity contribution is 7.90. The first-order valence-electron chi connectivity index (χ1n) is 9.43. The van der Waals surface area contributed by atoms with Gasteiger partial charge in [-0.2, -0.15) is 13.5 Å². The third-order valence-corrected chi connectivity index (χ3v) is 5.60. The summed E-state index contributed by atoms with van der Waals surface area (Å²) in [5.41, 5.74) is 2.11. The Bertz CT molecular complexity index is 1210. The lowest BCUT2D eigenvalue weighted by molar-refractivity contribution is 0.203. The molecule has 1 N–H and O–H groups in total. The second-order valence-electron chi connectivity index (χ2n) is 6.78. The normalized spacial score (nSPS) is 12.0. The van der Waals surface area contributed by atoms with Crippen LogP contribution >= 0.6 is 11.6 Å². The lowest BCUT2D eigenvalue weighted by atomic mass is 10.2. The lowest BCUT2D eigenvalue weighted by Gasteiger charge is -2.08. The van der Waals surface area contributed by atoms with Gasteiger partial charge in [0, 0.05) is 35.8 Å². The number of benzene rings is 1. The molecule has 0 saturated carbocycles. The third kappa shape index (κ3) is 4.85. The van der Waals surface area contributed by atoms with E-state index >= 15 is 0 Å². The predicted molar refractivity (Wildman–Crippen MR) is 117 cm³/mol. The van der Waals surface area contributed by atoms with Gasteiger partial charge in [-0.1, -0.05) is 24.9 Å². The number of halogens is 1. The maximum atomic E-state index is 12.2. The van der Waals surface area contributed by atoms with Crippen molar-refractivity contribution in [2.24, 2.45) is 7.05 Å². The number of amides is 1. The minimum atomic E-state index is -4.21. The molecule has 0 radical (unpaired) electrons. The number of hydrogen-bond donors (Lipinski definition) is 1. The van der Waals surface area contributed by atoms with Crippen LogP contribution in [0.15, 0.2) is 35.9 Å². The number of rotatable bonds is 7. The van der Waals surface area contributed by atoms with Crippen LogP contribution in [0.5, 0.6) is 0 Å². The van der Waals surface area contributed by atoms with Gasteiger partial charge in [0.1, 0.15) is 5.82 Å². The van der Waals surface area contributed by atoms with E-state index in [4.69, 9.17) is 11.6 Å². The first-order chi connectivity index (χ1) is 14.2. The molecule has 160 valence electrons.